The summed E-state index contributed by atoms with van der Waals surface area (Å²) in [7, 11) is 0. The molecule has 2 rings (SSSR count). The van der Waals surface area contributed by atoms with Gasteiger partial charge in [-0.05, 0) is 12.1 Å². The molecule has 0 spiro atoms. The van der Waals surface area contributed by atoms with Crippen molar-refractivity contribution in [3.8, 4) is 5.75 Å². The third kappa shape index (κ3) is 4.11. The zero-order valence-electron chi connectivity index (χ0n) is 10.9. The molecular formula is C15H13F4NO. The van der Waals surface area contributed by atoms with Crippen molar-refractivity contribution in [2.24, 2.45) is 0 Å². The number of alkyl halides is 4. The van der Waals surface area contributed by atoms with Crippen molar-refractivity contribution in [3.63, 3.8) is 0 Å². The first kappa shape index (κ1) is 15.2. The van der Waals surface area contributed by atoms with Crippen molar-refractivity contribution in [1.29, 1.82) is 0 Å². The van der Waals surface area contributed by atoms with E-state index in [1.807, 2.05) is 0 Å². The van der Waals surface area contributed by atoms with Gasteiger partial charge in [0, 0.05) is 5.56 Å². The molecule has 0 unspecified atom stereocenters. The Morgan fingerprint density at radius 1 is 0.952 bits per heavy atom. The number of para-hydroxylation sites is 2. The fraction of sp³-hybridized carbons (Fsp3) is 0.200. The highest BCUT2D eigenvalue weighted by Crippen LogP contribution is 2.31. The van der Waals surface area contributed by atoms with E-state index in [1.54, 1.807) is 12.1 Å². The highest BCUT2D eigenvalue weighted by Gasteiger charge is 2.31. The lowest BCUT2D eigenvalue weighted by atomic mass is 10.1. The SMILES string of the molecule is FC(F)Oc1ccccc1NCC(F)(F)c1ccccc1. The molecule has 0 aliphatic carbocycles. The molecule has 0 aliphatic heterocycles. The average Bonchev–Trinajstić information content (AvgIpc) is 2.47. The quantitative estimate of drug-likeness (QED) is 0.793. The van der Waals surface area contributed by atoms with E-state index in [1.165, 1.54) is 42.5 Å². The second-order valence-corrected chi connectivity index (χ2v) is 4.30. The monoisotopic (exact) mass is 299 g/mol. The standard InChI is InChI=1S/C15H13F4NO/c16-14(17)21-13-9-5-4-8-12(13)20-10-15(18,19)11-6-2-1-3-7-11/h1-9,14,20H,10H2. The van der Waals surface area contributed by atoms with Gasteiger partial charge >= 0.3 is 6.61 Å². The second-order valence-electron chi connectivity index (χ2n) is 4.30. The summed E-state index contributed by atoms with van der Waals surface area (Å²) >= 11 is 0. The Bertz CT molecular complexity index is 575. The summed E-state index contributed by atoms with van der Waals surface area (Å²) in [6, 6.07) is 13.0. The van der Waals surface area contributed by atoms with E-state index in [2.05, 4.69) is 10.1 Å². The normalized spacial score (nSPS) is 11.5. The van der Waals surface area contributed by atoms with Crippen LogP contribution in [0.5, 0.6) is 5.75 Å². The molecule has 0 amide bonds. The molecule has 0 fully saturated rings. The molecule has 0 radical (unpaired) electrons. The van der Waals surface area contributed by atoms with Crippen molar-refractivity contribution >= 4 is 5.69 Å². The highest BCUT2D eigenvalue weighted by atomic mass is 19.3. The molecule has 0 atom stereocenters. The van der Waals surface area contributed by atoms with E-state index in [-0.39, 0.29) is 17.0 Å². The lowest BCUT2D eigenvalue weighted by molar-refractivity contribution is -0.0494. The maximum Gasteiger partial charge on any atom is 0.387 e. The van der Waals surface area contributed by atoms with Gasteiger partial charge in [-0.3, -0.25) is 0 Å². The zero-order valence-corrected chi connectivity index (χ0v) is 10.9. The van der Waals surface area contributed by atoms with Crippen LogP contribution in [0.4, 0.5) is 23.2 Å². The number of hydrogen-bond donors (Lipinski definition) is 1. The molecule has 0 aromatic heterocycles. The number of halogens is 4. The van der Waals surface area contributed by atoms with E-state index in [9.17, 15) is 17.6 Å². The van der Waals surface area contributed by atoms with Crippen LogP contribution in [-0.4, -0.2) is 13.2 Å². The first-order valence-corrected chi connectivity index (χ1v) is 6.20. The fourth-order valence-corrected chi connectivity index (χ4v) is 1.80. The molecule has 6 heteroatoms. The average molecular weight is 299 g/mol. The molecule has 21 heavy (non-hydrogen) atoms. The molecule has 0 saturated heterocycles. The summed E-state index contributed by atoms with van der Waals surface area (Å²) in [5.41, 5.74) is -0.0573. The lowest BCUT2D eigenvalue weighted by Gasteiger charge is -2.19. The lowest BCUT2D eigenvalue weighted by Crippen LogP contribution is -2.25. The smallest absolute Gasteiger partial charge is 0.387 e. The molecule has 0 heterocycles. The van der Waals surface area contributed by atoms with Crippen LogP contribution in [0.25, 0.3) is 0 Å². The largest absolute Gasteiger partial charge is 0.433 e. The van der Waals surface area contributed by atoms with E-state index in [0.29, 0.717) is 0 Å². The van der Waals surface area contributed by atoms with Crippen LogP contribution < -0.4 is 10.1 Å². The van der Waals surface area contributed by atoms with Gasteiger partial charge in [-0.1, -0.05) is 42.5 Å². The first-order valence-electron chi connectivity index (χ1n) is 6.20. The number of anilines is 1. The van der Waals surface area contributed by atoms with Crippen LogP contribution in [0.2, 0.25) is 0 Å². The van der Waals surface area contributed by atoms with Crippen LogP contribution in [0, 0.1) is 0 Å². The van der Waals surface area contributed by atoms with Gasteiger partial charge in [0.2, 0.25) is 0 Å². The number of ether oxygens (including phenoxy) is 1. The van der Waals surface area contributed by atoms with Gasteiger partial charge in [-0.2, -0.15) is 17.6 Å². The van der Waals surface area contributed by atoms with Crippen LogP contribution >= 0.6 is 0 Å². The van der Waals surface area contributed by atoms with Crippen LogP contribution in [-0.2, 0) is 5.92 Å². The van der Waals surface area contributed by atoms with Gasteiger partial charge in [0.25, 0.3) is 5.92 Å². The van der Waals surface area contributed by atoms with Crippen LogP contribution in [0.3, 0.4) is 0 Å². The minimum atomic E-state index is -3.13. The van der Waals surface area contributed by atoms with Gasteiger partial charge < -0.3 is 10.1 Å². The van der Waals surface area contributed by atoms with Crippen molar-refractivity contribution in [3.05, 3.63) is 60.2 Å². The maximum atomic E-state index is 14.0. The van der Waals surface area contributed by atoms with E-state index < -0.39 is 19.1 Å². The number of benzene rings is 2. The Kier molecular flexibility index (Phi) is 4.67. The molecule has 0 aliphatic rings. The minimum absolute atomic E-state index is 0.0911. The molecule has 0 saturated carbocycles. The third-order valence-corrected chi connectivity index (χ3v) is 2.80. The summed E-state index contributed by atoms with van der Waals surface area (Å²) in [4.78, 5) is 0. The maximum absolute atomic E-state index is 14.0. The Morgan fingerprint density at radius 3 is 2.24 bits per heavy atom. The topological polar surface area (TPSA) is 21.3 Å². The number of hydrogen-bond acceptors (Lipinski definition) is 2. The van der Waals surface area contributed by atoms with Crippen LogP contribution in [0.1, 0.15) is 5.56 Å². The molecule has 0 bridgehead atoms. The molecule has 2 aromatic carbocycles. The Hall–Kier alpha value is -2.24. The van der Waals surface area contributed by atoms with E-state index >= 15 is 0 Å². The Morgan fingerprint density at radius 2 is 1.57 bits per heavy atom. The van der Waals surface area contributed by atoms with Crippen molar-refractivity contribution in [2.75, 3.05) is 11.9 Å². The predicted octanol–water partition coefficient (Wildman–Crippen LogP) is 4.49. The Balaban J connectivity index is 2.09. The van der Waals surface area contributed by atoms with E-state index in [0.717, 1.165) is 0 Å². The summed E-state index contributed by atoms with van der Waals surface area (Å²) in [6.07, 6.45) is 0. The zero-order chi connectivity index (χ0) is 15.3. The second kappa shape index (κ2) is 6.47. The molecular weight excluding hydrogens is 286 g/mol. The molecule has 1 N–H and O–H groups in total. The summed E-state index contributed by atoms with van der Waals surface area (Å²) in [6.45, 7) is -3.73. The van der Waals surface area contributed by atoms with Gasteiger partial charge in [-0.25, -0.2) is 0 Å². The van der Waals surface area contributed by atoms with Crippen molar-refractivity contribution < 1.29 is 22.3 Å². The van der Waals surface area contributed by atoms with Crippen molar-refractivity contribution in [2.45, 2.75) is 12.5 Å². The molecule has 2 nitrogen and oxygen atoms in total. The highest BCUT2D eigenvalue weighted by molar-refractivity contribution is 5.56. The number of nitrogens with one attached hydrogen (secondary N) is 1. The predicted molar refractivity (Wildman–Crippen MR) is 71.9 cm³/mol. The molecule has 2 aromatic rings. The van der Waals surface area contributed by atoms with Gasteiger partial charge in [0.1, 0.15) is 5.75 Å². The summed E-state index contributed by atoms with van der Waals surface area (Å²) < 4.78 is 56.7. The number of rotatable bonds is 6. The summed E-state index contributed by atoms with van der Waals surface area (Å²) in [5.74, 6) is -3.30. The van der Waals surface area contributed by atoms with Gasteiger partial charge in [-0.15, -0.1) is 0 Å². The van der Waals surface area contributed by atoms with Crippen LogP contribution in [0.15, 0.2) is 54.6 Å². The van der Waals surface area contributed by atoms with Crippen molar-refractivity contribution in [1.82, 2.24) is 0 Å². The Labute approximate surface area is 119 Å². The molecule has 112 valence electrons. The fourth-order valence-electron chi connectivity index (χ4n) is 1.80. The van der Waals surface area contributed by atoms with E-state index in [4.69, 9.17) is 0 Å². The van der Waals surface area contributed by atoms with Gasteiger partial charge in [0.15, 0.2) is 0 Å². The minimum Gasteiger partial charge on any atom is -0.433 e. The summed E-state index contributed by atoms with van der Waals surface area (Å²) in [5, 5.41) is 2.45. The van der Waals surface area contributed by atoms with Gasteiger partial charge in [0.05, 0.1) is 12.2 Å². The first-order chi connectivity index (χ1) is 9.99. The third-order valence-electron chi connectivity index (χ3n) is 2.80.